The fourth-order valence-corrected chi connectivity index (χ4v) is 2.18. The topological polar surface area (TPSA) is 29.5 Å². The second-order valence-electron chi connectivity index (χ2n) is 5.01. The van der Waals surface area contributed by atoms with Crippen molar-refractivity contribution in [3.63, 3.8) is 0 Å². The Morgan fingerprint density at radius 1 is 1.30 bits per heavy atom. The molecule has 0 aliphatic heterocycles. The van der Waals surface area contributed by atoms with Gasteiger partial charge < -0.3 is 9.64 Å². The van der Waals surface area contributed by atoms with Gasteiger partial charge in [0.2, 0.25) is 0 Å². The van der Waals surface area contributed by atoms with Crippen molar-refractivity contribution in [3.8, 4) is 5.75 Å². The van der Waals surface area contributed by atoms with Crippen LogP contribution in [0.25, 0.3) is 0 Å². The number of nitrogens with zero attached hydrogens (tertiary/aromatic N) is 1. The monoisotopic (exact) mass is 297 g/mol. The van der Waals surface area contributed by atoms with Gasteiger partial charge in [0.15, 0.2) is 5.78 Å². The molecule has 0 aliphatic carbocycles. The van der Waals surface area contributed by atoms with Crippen molar-refractivity contribution in [2.45, 2.75) is 40.2 Å². The average molecular weight is 298 g/mol. The first-order valence-corrected chi connectivity index (χ1v) is 7.57. The van der Waals surface area contributed by atoms with Crippen molar-refractivity contribution in [2.75, 3.05) is 19.6 Å². The molecule has 0 bridgehead atoms. The third kappa shape index (κ3) is 5.14. The molecule has 1 aromatic rings. The van der Waals surface area contributed by atoms with Crippen molar-refractivity contribution in [1.29, 1.82) is 0 Å². The minimum absolute atomic E-state index is 0.0329. The molecule has 0 spiro atoms. The molecule has 1 aromatic carbocycles. The summed E-state index contributed by atoms with van der Waals surface area (Å²) in [7, 11) is 0. The van der Waals surface area contributed by atoms with E-state index in [0.717, 1.165) is 19.6 Å². The second kappa shape index (κ2) is 8.28. The van der Waals surface area contributed by atoms with E-state index in [1.807, 2.05) is 13.8 Å². The van der Waals surface area contributed by atoms with E-state index in [-0.39, 0.29) is 11.9 Å². The van der Waals surface area contributed by atoms with Crippen LogP contribution in [-0.2, 0) is 0 Å². The number of hydrogen-bond donors (Lipinski definition) is 0. The van der Waals surface area contributed by atoms with E-state index < -0.39 is 0 Å². The Kier molecular flexibility index (Phi) is 7.03. The lowest BCUT2D eigenvalue weighted by Gasteiger charge is -2.18. The van der Waals surface area contributed by atoms with Gasteiger partial charge in [0.25, 0.3) is 0 Å². The molecule has 3 nitrogen and oxygen atoms in total. The van der Waals surface area contributed by atoms with Crippen LogP contribution in [-0.4, -0.2) is 36.4 Å². The van der Waals surface area contributed by atoms with Crippen LogP contribution in [0.15, 0.2) is 18.2 Å². The van der Waals surface area contributed by atoms with Gasteiger partial charge in [-0.3, -0.25) is 4.79 Å². The number of hydrogen-bond acceptors (Lipinski definition) is 3. The largest absolute Gasteiger partial charge is 0.490 e. The summed E-state index contributed by atoms with van der Waals surface area (Å²) in [5, 5.41) is 0.562. The lowest BCUT2D eigenvalue weighted by atomic mass is 10.1. The Labute approximate surface area is 126 Å². The van der Waals surface area contributed by atoms with Crippen molar-refractivity contribution < 1.29 is 9.53 Å². The lowest BCUT2D eigenvalue weighted by Crippen LogP contribution is -2.26. The minimum Gasteiger partial charge on any atom is -0.490 e. The summed E-state index contributed by atoms with van der Waals surface area (Å²) in [6.07, 6.45) is 0.515. The molecule has 4 heteroatoms. The van der Waals surface area contributed by atoms with Crippen LogP contribution in [0.3, 0.4) is 0 Å². The normalized spacial score (nSPS) is 11.2. The summed E-state index contributed by atoms with van der Waals surface area (Å²) in [6, 6.07) is 5.22. The van der Waals surface area contributed by atoms with Crippen molar-refractivity contribution in [2.24, 2.45) is 0 Å². The smallest absolute Gasteiger partial charge is 0.167 e. The van der Waals surface area contributed by atoms with E-state index in [1.165, 1.54) is 0 Å². The van der Waals surface area contributed by atoms with Crippen molar-refractivity contribution >= 4 is 17.4 Å². The molecular formula is C16H24ClNO2. The van der Waals surface area contributed by atoms with Crippen LogP contribution in [0.2, 0.25) is 5.02 Å². The zero-order valence-corrected chi connectivity index (χ0v) is 13.5. The van der Waals surface area contributed by atoms with Crippen LogP contribution in [0.4, 0.5) is 0 Å². The van der Waals surface area contributed by atoms with Crippen molar-refractivity contribution in [1.82, 2.24) is 4.90 Å². The molecule has 0 saturated heterocycles. The molecule has 112 valence electrons. The average Bonchev–Trinajstić information content (AvgIpc) is 2.41. The first-order chi connectivity index (χ1) is 9.47. The van der Waals surface area contributed by atoms with Gasteiger partial charge in [-0.05, 0) is 45.1 Å². The predicted octanol–water partition coefficient (Wildman–Crippen LogP) is 4.04. The number of ketones is 1. The van der Waals surface area contributed by atoms with Gasteiger partial charge >= 0.3 is 0 Å². The first kappa shape index (κ1) is 17.0. The fourth-order valence-electron chi connectivity index (χ4n) is 2.01. The first-order valence-electron chi connectivity index (χ1n) is 7.19. The molecule has 20 heavy (non-hydrogen) atoms. The molecule has 0 saturated carbocycles. The van der Waals surface area contributed by atoms with Gasteiger partial charge in [-0.2, -0.15) is 0 Å². The fraction of sp³-hybridized carbons (Fsp3) is 0.562. The maximum atomic E-state index is 12.4. The highest BCUT2D eigenvalue weighted by Gasteiger charge is 2.15. The molecule has 0 unspecified atom stereocenters. The molecule has 1 rings (SSSR count). The highest BCUT2D eigenvalue weighted by Crippen LogP contribution is 2.25. The van der Waals surface area contributed by atoms with Crippen LogP contribution in [0.5, 0.6) is 5.75 Å². The summed E-state index contributed by atoms with van der Waals surface area (Å²) in [5.74, 6) is 0.698. The summed E-state index contributed by atoms with van der Waals surface area (Å²) < 4.78 is 5.69. The van der Waals surface area contributed by atoms with Gasteiger partial charge in [0.05, 0.1) is 11.7 Å². The number of benzene rings is 1. The van der Waals surface area contributed by atoms with E-state index >= 15 is 0 Å². The summed E-state index contributed by atoms with van der Waals surface area (Å²) in [6.45, 7) is 10.8. The quantitative estimate of drug-likeness (QED) is 0.678. The zero-order chi connectivity index (χ0) is 15.1. The number of Topliss-reactive ketones (excluding diaryl/α,β-unsaturated/α-hetero) is 1. The Hall–Kier alpha value is -1.06. The molecule has 0 atom stereocenters. The molecule has 0 N–H and O–H groups in total. The number of halogens is 1. The van der Waals surface area contributed by atoms with Gasteiger partial charge in [0, 0.05) is 18.0 Å². The highest BCUT2D eigenvalue weighted by atomic mass is 35.5. The number of rotatable bonds is 8. The van der Waals surface area contributed by atoms with Gasteiger partial charge in [-0.15, -0.1) is 0 Å². The van der Waals surface area contributed by atoms with E-state index in [0.29, 0.717) is 22.8 Å². The zero-order valence-electron chi connectivity index (χ0n) is 12.8. The van der Waals surface area contributed by atoms with Crippen molar-refractivity contribution in [3.05, 3.63) is 28.8 Å². The Bertz CT molecular complexity index is 442. The molecule has 0 aromatic heterocycles. The van der Waals surface area contributed by atoms with E-state index in [9.17, 15) is 4.79 Å². The number of carbonyl (C=O) groups excluding carboxylic acids is 1. The summed E-state index contributed by atoms with van der Waals surface area (Å²) in [5.41, 5.74) is 0.582. The maximum absolute atomic E-state index is 12.4. The van der Waals surface area contributed by atoms with E-state index in [4.69, 9.17) is 16.3 Å². The third-order valence-corrected chi connectivity index (χ3v) is 3.39. The maximum Gasteiger partial charge on any atom is 0.167 e. The van der Waals surface area contributed by atoms with Gasteiger partial charge in [-0.25, -0.2) is 0 Å². The van der Waals surface area contributed by atoms with Crippen LogP contribution in [0.1, 0.15) is 44.5 Å². The van der Waals surface area contributed by atoms with Crippen LogP contribution >= 0.6 is 11.6 Å². The molecule has 0 aliphatic rings. The SMILES string of the molecule is CCN(CC)CCC(=O)c1cc(Cl)ccc1OC(C)C. The minimum atomic E-state index is 0.0329. The van der Waals surface area contributed by atoms with Crippen LogP contribution in [0, 0.1) is 0 Å². The third-order valence-electron chi connectivity index (χ3n) is 3.15. The van der Waals surface area contributed by atoms with Crippen LogP contribution < -0.4 is 4.74 Å². The standard InChI is InChI=1S/C16H24ClNO2/c1-5-18(6-2)10-9-15(19)14-11-13(17)7-8-16(14)20-12(3)4/h7-8,11-12H,5-6,9-10H2,1-4H3. The number of ether oxygens (including phenoxy) is 1. The predicted molar refractivity (Wildman–Crippen MR) is 84.0 cm³/mol. The Morgan fingerprint density at radius 2 is 1.95 bits per heavy atom. The molecule has 0 amide bonds. The Balaban J connectivity index is 2.82. The molecule has 0 fully saturated rings. The van der Waals surface area contributed by atoms with E-state index in [2.05, 4.69) is 18.7 Å². The molecule has 0 radical (unpaired) electrons. The second-order valence-corrected chi connectivity index (χ2v) is 5.44. The summed E-state index contributed by atoms with van der Waals surface area (Å²) >= 11 is 6.00. The van der Waals surface area contributed by atoms with E-state index in [1.54, 1.807) is 18.2 Å². The molecule has 0 heterocycles. The van der Waals surface area contributed by atoms with Gasteiger partial charge in [0.1, 0.15) is 5.75 Å². The van der Waals surface area contributed by atoms with Gasteiger partial charge in [-0.1, -0.05) is 25.4 Å². The lowest BCUT2D eigenvalue weighted by molar-refractivity contribution is 0.0960. The highest BCUT2D eigenvalue weighted by molar-refractivity contribution is 6.31. The number of carbonyl (C=O) groups is 1. The summed E-state index contributed by atoms with van der Waals surface area (Å²) in [4.78, 5) is 14.6. The molecular weight excluding hydrogens is 274 g/mol. The Morgan fingerprint density at radius 3 is 2.50 bits per heavy atom.